The standard InChI is InChI=1S/C21H20N2O2/c1-22(2)19-14-13-18(15-20(19)23(24)25)21(16-9-5-3-6-10-16)17-11-7-4-8-12-17/h3-15,21H,1-2H3. The number of nitrogens with zero attached hydrogens (tertiary/aromatic N) is 2. The summed E-state index contributed by atoms with van der Waals surface area (Å²) in [6, 6.07) is 25.7. The molecule has 0 aliphatic rings. The Morgan fingerprint density at radius 2 is 1.32 bits per heavy atom. The predicted molar refractivity (Wildman–Crippen MR) is 101 cm³/mol. The Bertz CT molecular complexity index is 822. The maximum Gasteiger partial charge on any atom is 0.292 e. The molecule has 0 saturated heterocycles. The molecule has 25 heavy (non-hydrogen) atoms. The Balaban J connectivity index is 2.17. The van der Waals surface area contributed by atoms with Crippen LogP contribution in [0.25, 0.3) is 0 Å². The zero-order valence-corrected chi connectivity index (χ0v) is 14.3. The molecule has 0 aliphatic carbocycles. The molecule has 0 aromatic heterocycles. The number of rotatable bonds is 5. The summed E-state index contributed by atoms with van der Waals surface area (Å²) in [6.45, 7) is 0. The first-order valence-electron chi connectivity index (χ1n) is 8.13. The summed E-state index contributed by atoms with van der Waals surface area (Å²) in [4.78, 5) is 13.0. The first kappa shape index (κ1) is 16.7. The number of hydrogen-bond donors (Lipinski definition) is 0. The molecule has 0 radical (unpaired) electrons. The first-order valence-corrected chi connectivity index (χ1v) is 8.13. The van der Waals surface area contributed by atoms with E-state index in [2.05, 4.69) is 24.3 Å². The van der Waals surface area contributed by atoms with Crippen molar-refractivity contribution in [2.24, 2.45) is 0 Å². The molecule has 0 unspecified atom stereocenters. The van der Waals surface area contributed by atoms with Crippen LogP contribution in [0.15, 0.2) is 78.9 Å². The molecular weight excluding hydrogens is 312 g/mol. The van der Waals surface area contributed by atoms with Gasteiger partial charge in [-0.15, -0.1) is 0 Å². The summed E-state index contributed by atoms with van der Waals surface area (Å²) in [5.74, 6) is -0.0442. The van der Waals surface area contributed by atoms with E-state index >= 15 is 0 Å². The molecule has 0 bridgehead atoms. The Labute approximate surface area is 147 Å². The second-order valence-electron chi connectivity index (χ2n) is 6.15. The minimum atomic E-state index is -0.314. The van der Waals surface area contributed by atoms with Crippen molar-refractivity contribution in [1.82, 2.24) is 0 Å². The number of benzene rings is 3. The van der Waals surface area contributed by atoms with Gasteiger partial charge in [0.05, 0.1) is 4.92 Å². The monoisotopic (exact) mass is 332 g/mol. The van der Waals surface area contributed by atoms with E-state index in [-0.39, 0.29) is 16.5 Å². The van der Waals surface area contributed by atoms with Crippen LogP contribution in [-0.4, -0.2) is 19.0 Å². The summed E-state index contributed by atoms with van der Waals surface area (Å²) in [7, 11) is 3.63. The minimum Gasteiger partial charge on any atom is -0.372 e. The first-order chi connectivity index (χ1) is 12.1. The third kappa shape index (κ3) is 3.53. The Morgan fingerprint density at radius 1 is 0.800 bits per heavy atom. The highest BCUT2D eigenvalue weighted by molar-refractivity contribution is 5.65. The van der Waals surface area contributed by atoms with E-state index in [0.29, 0.717) is 5.69 Å². The van der Waals surface area contributed by atoms with Crippen LogP contribution in [0, 0.1) is 10.1 Å². The summed E-state index contributed by atoms with van der Waals surface area (Å²) >= 11 is 0. The van der Waals surface area contributed by atoms with Gasteiger partial charge in [-0.3, -0.25) is 10.1 Å². The fraction of sp³-hybridized carbons (Fsp3) is 0.143. The van der Waals surface area contributed by atoms with Crippen molar-refractivity contribution < 1.29 is 4.92 Å². The number of anilines is 1. The maximum atomic E-state index is 11.6. The third-order valence-electron chi connectivity index (χ3n) is 4.28. The van der Waals surface area contributed by atoms with Gasteiger partial charge in [0, 0.05) is 26.1 Å². The van der Waals surface area contributed by atoms with Crippen molar-refractivity contribution in [3.05, 3.63) is 106 Å². The van der Waals surface area contributed by atoms with Crippen molar-refractivity contribution in [2.45, 2.75) is 5.92 Å². The van der Waals surface area contributed by atoms with Crippen LogP contribution in [0.2, 0.25) is 0 Å². The molecule has 0 spiro atoms. The van der Waals surface area contributed by atoms with E-state index in [1.54, 1.807) is 11.0 Å². The number of hydrogen-bond acceptors (Lipinski definition) is 3. The third-order valence-corrected chi connectivity index (χ3v) is 4.28. The smallest absolute Gasteiger partial charge is 0.292 e. The molecule has 0 heterocycles. The molecule has 3 aromatic rings. The summed E-state index contributed by atoms with van der Waals surface area (Å²) in [6.07, 6.45) is 0. The van der Waals surface area contributed by atoms with Gasteiger partial charge < -0.3 is 4.90 Å². The Hall–Kier alpha value is -3.14. The molecule has 0 amide bonds. The zero-order chi connectivity index (χ0) is 17.8. The summed E-state index contributed by atoms with van der Waals surface area (Å²) in [5.41, 5.74) is 3.86. The molecular formula is C21H20N2O2. The lowest BCUT2D eigenvalue weighted by Gasteiger charge is -2.20. The molecule has 3 rings (SSSR count). The van der Waals surface area contributed by atoms with Crippen molar-refractivity contribution in [3.63, 3.8) is 0 Å². The lowest BCUT2D eigenvalue weighted by molar-refractivity contribution is -0.384. The van der Waals surface area contributed by atoms with Crippen LogP contribution < -0.4 is 4.90 Å². The largest absolute Gasteiger partial charge is 0.372 e. The van der Waals surface area contributed by atoms with Gasteiger partial charge in [-0.05, 0) is 22.8 Å². The van der Waals surface area contributed by atoms with Crippen LogP contribution >= 0.6 is 0 Å². The number of nitro benzene ring substituents is 1. The van der Waals surface area contributed by atoms with Crippen molar-refractivity contribution in [3.8, 4) is 0 Å². The molecule has 0 fully saturated rings. The molecule has 0 aliphatic heterocycles. The zero-order valence-electron chi connectivity index (χ0n) is 14.3. The van der Waals surface area contributed by atoms with Crippen LogP contribution in [-0.2, 0) is 0 Å². The highest BCUT2D eigenvalue weighted by atomic mass is 16.6. The average molecular weight is 332 g/mol. The second kappa shape index (κ2) is 7.18. The highest BCUT2D eigenvalue weighted by Crippen LogP contribution is 2.36. The number of nitro groups is 1. The SMILES string of the molecule is CN(C)c1ccc(C(c2ccccc2)c2ccccc2)cc1[N+](=O)[O-]. The van der Waals surface area contributed by atoms with Gasteiger partial charge in [0.15, 0.2) is 0 Å². The molecule has 0 saturated carbocycles. The van der Waals surface area contributed by atoms with Crippen LogP contribution in [0.1, 0.15) is 22.6 Å². The molecule has 0 atom stereocenters. The fourth-order valence-corrected chi connectivity index (χ4v) is 3.11. The quantitative estimate of drug-likeness (QED) is 0.381. The van der Waals surface area contributed by atoms with Crippen molar-refractivity contribution in [2.75, 3.05) is 19.0 Å². The van der Waals surface area contributed by atoms with Gasteiger partial charge in [-0.2, -0.15) is 0 Å². The van der Waals surface area contributed by atoms with Crippen LogP contribution in [0.4, 0.5) is 11.4 Å². The molecule has 4 heteroatoms. The topological polar surface area (TPSA) is 46.4 Å². The van der Waals surface area contributed by atoms with E-state index in [9.17, 15) is 10.1 Å². The Kier molecular flexibility index (Phi) is 4.80. The van der Waals surface area contributed by atoms with Crippen molar-refractivity contribution in [1.29, 1.82) is 0 Å². The Morgan fingerprint density at radius 3 is 1.76 bits per heavy atom. The molecule has 126 valence electrons. The van der Waals surface area contributed by atoms with Gasteiger partial charge >= 0.3 is 0 Å². The lowest BCUT2D eigenvalue weighted by atomic mass is 9.85. The van der Waals surface area contributed by atoms with E-state index < -0.39 is 0 Å². The normalized spacial score (nSPS) is 10.7. The van der Waals surface area contributed by atoms with E-state index in [1.165, 1.54) is 0 Å². The van der Waals surface area contributed by atoms with E-state index in [4.69, 9.17) is 0 Å². The van der Waals surface area contributed by atoms with E-state index in [1.807, 2.05) is 62.6 Å². The van der Waals surface area contributed by atoms with Gasteiger partial charge in [0.2, 0.25) is 0 Å². The predicted octanol–water partition coefficient (Wildman–Crippen LogP) is 4.84. The minimum absolute atomic E-state index is 0.0442. The van der Waals surface area contributed by atoms with Gasteiger partial charge in [-0.25, -0.2) is 0 Å². The summed E-state index contributed by atoms with van der Waals surface area (Å²) in [5, 5.41) is 11.6. The molecule has 3 aromatic carbocycles. The molecule has 4 nitrogen and oxygen atoms in total. The highest BCUT2D eigenvalue weighted by Gasteiger charge is 2.22. The van der Waals surface area contributed by atoms with Crippen molar-refractivity contribution >= 4 is 11.4 Å². The van der Waals surface area contributed by atoms with Crippen LogP contribution in [0.5, 0.6) is 0 Å². The summed E-state index contributed by atoms with van der Waals surface area (Å²) < 4.78 is 0. The van der Waals surface area contributed by atoms with Gasteiger partial charge in [-0.1, -0.05) is 66.7 Å². The van der Waals surface area contributed by atoms with Crippen LogP contribution in [0.3, 0.4) is 0 Å². The second-order valence-corrected chi connectivity index (χ2v) is 6.15. The fourth-order valence-electron chi connectivity index (χ4n) is 3.11. The van der Waals surface area contributed by atoms with E-state index in [0.717, 1.165) is 16.7 Å². The molecule has 0 N–H and O–H groups in total. The van der Waals surface area contributed by atoms with Gasteiger partial charge in [0.25, 0.3) is 5.69 Å². The average Bonchev–Trinajstić information content (AvgIpc) is 2.63. The van der Waals surface area contributed by atoms with Gasteiger partial charge in [0.1, 0.15) is 5.69 Å². The lowest BCUT2D eigenvalue weighted by Crippen LogP contribution is -2.12. The maximum absolute atomic E-state index is 11.6.